The second-order valence-corrected chi connectivity index (χ2v) is 6.43. The first-order valence-corrected chi connectivity index (χ1v) is 7.41. The van der Waals surface area contributed by atoms with Crippen LogP contribution in [0.15, 0.2) is 0 Å². The van der Waals surface area contributed by atoms with Gasteiger partial charge in [-0.1, -0.05) is 6.42 Å². The smallest absolute Gasteiger partial charge is 0.319 e. The van der Waals surface area contributed by atoms with Gasteiger partial charge in [0.2, 0.25) is 0 Å². The van der Waals surface area contributed by atoms with Gasteiger partial charge >= 0.3 is 11.9 Å². The van der Waals surface area contributed by atoms with E-state index in [9.17, 15) is 9.59 Å². The number of ether oxygens (including phenoxy) is 2. The fraction of sp³-hybridized carbons (Fsp3) is 0.846. The zero-order valence-electron chi connectivity index (χ0n) is 11.5. The van der Waals surface area contributed by atoms with Crippen molar-refractivity contribution >= 4 is 23.7 Å². The average Bonchev–Trinajstić information content (AvgIpc) is 2.27. The lowest BCUT2D eigenvalue weighted by Gasteiger charge is -2.27. The quantitative estimate of drug-likeness (QED) is 0.737. The number of rotatable bonds is 4. The van der Waals surface area contributed by atoms with Crippen LogP contribution in [0, 0.1) is 0 Å². The van der Waals surface area contributed by atoms with Gasteiger partial charge in [-0.25, -0.2) is 0 Å². The van der Waals surface area contributed by atoms with Crippen LogP contribution in [0.3, 0.4) is 0 Å². The number of hydrogen-bond acceptors (Lipinski definition) is 5. The number of carbonyl (C=O) groups is 2. The van der Waals surface area contributed by atoms with Crippen LogP contribution in [0.4, 0.5) is 0 Å². The summed E-state index contributed by atoms with van der Waals surface area (Å²) in [7, 11) is 0. The molecule has 1 aliphatic heterocycles. The van der Waals surface area contributed by atoms with Gasteiger partial charge < -0.3 is 9.47 Å². The molecule has 0 saturated carbocycles. The summed E-state index contributed by atoms with van der Waals surface area (Å²) in [6.07, 6.45) is 2.20. The summed E-state index contributed by atoms with van der Waals surface area (Å²) in [5.74, 6) is -0.422. The van der Waals surface area contributed by atoms with Crippen LogP contribution in [-0.4, -0.2) is 34.6 Å². The molecule has 0 spiro atoms. The molecule has 0 radical (unpaired) electrons. The predicted molar refractivity (Wildman–Crippen MR) is 71.5 cm³/mol. The van der Waals surface area contributed by atoms with E-state index in [0.717, 1.165) is 19.3 Å². The molecule has 0 aromatic heterocycles. The highest BCUT2D eigenvalue weighted by Gasteiger charge is 2.34. The zero-order valence-corrected chi connectivity index (χ0v) is 12.3. The molecule has 0 bridgehead atoms. The summed E-state index contributed by atoms with van der Waals surface area (Å²) in [5.41, 5.74) is 0. The Balaban J connectivity index is 2.50. The number of thioether (sulfide) groups is 1. The van der Waals surface area contributed by atoms with E-state index in [1.807, 2.05) is 27.7 Å². The van der Waals surface area contributed by atoms with E-state index in [1.165, 1.54) is 11.8 Å². The molecule has 1 rings (SSSR count). The van der Waals surface area contributed by atoms with Crippen molar-refractivity contribution in [2.45, 2.75) is 69.7 Å². The van der Waals surface area contributed by atoms with Gasteiger partial charge in [0.25, 0.3) is 0 Å². The highest BCUT2D eigenvalue weighted by molar-refractivity contribution is 8.01. The Hall–Kier alpha value is -0.710. The summed E-state index contributed by atoms with van der Waals surface area (Å²) in [6, 6.07) is 0. The van der Waals surface area contributed by atoms with Gasteiger partial charge in [-0.05, 0) is 40.5 Å². The summed E-state index contributed by atoms with van der Waals surface area (Å²) < 4.78 is 10.4. The molecule has 5 heteroatoms. The third kappa shape index (κ3) is 4.88. The molecule has 0 aromatic rings. The maximum atomic E-state index is 11.8. The Morgan fingerprint density at radius 3 is 1.67 bits per heavy atom. The SMILES string of the molecule is CC(C)OC(=O)[C@@H]1CCC[C@@H](C(=O)OC(C)C)S1. The molecule has 4 nitrogen and oxygen atoms in total. The molecule has 18 heavy (non-hydrogen) atoms. The minimum Gasteiger partial charge on any atom is -0.462 e. The van der Waals surface area contributed by atoms with E-state index in [1.54, 1.807) is 0 Å². The Bertz CT molecular complexity index is 273. The predicted octanol–water partition coefficient (Wildman–Crippen LogP) is 2.54. The van der Waals surface area contributed by atoms with Crippen LogP contribution in [0.1, 0.15) is 47.0 Å². The highest BCUT2D eigenvalue weighted by Crippen LogP contribution is 2.33. The minimum atomic E-state index is -0.231. The van der Waals surface area contributed by atoms with Crippen molar-refractivity contribution in [1.82, 2.24) is 0 Å². The number of esters is 2. The molecule has 1 saturated heterocycles. The fourth-order valence-electron chi connectivity index (χ4n) is 1.79. The van der Waals surface area contributed by atoms with Crippen LogP contribution in [0.5, 0.6) is 0 Å². The fourth-order valence-corrected chi connectivity index (χ4v) is 3.12. The zero-order chi connectivity index (χ0) is 13.7. The molecule has 0 amide bonds. The topological polar surface area (TPSA) is 52.6 Å². The first kappa shape index (κ1) is 15.3. The molecule has 0 aliphatic carbocycles. The summed E-state index contributed by atoms with van der Waals surface area (Å²) in [4.78, 5) is 23.6. The van der Waals surface area contributed by atoms with Gasteiger partial charge in [0.1, 0.15) is 10.5 Å². The molecule has 2 atom stereocenters. The van der Waals surface area contributed by atoms with Gasteiger partial charge in [-0.3, -0.25) is 9.59 Å². The van der Waals surface area contributed by atoms with Crippen molar-refractivity contribution in [2.24, 2.45) is 0 Å². The van der Waals surface area contributed by atoms with Crippen molar-refractivity contribution in [3.05, 3.63) is 0 Å². The highest BCUT2D eigenvalue weighted by atomic mass is 32.2. The molecular formula is C13H22O4S. The van der Waals surface area contributed by atoms with Crippen LogP contribution >= 0.6 is 11.8 Å². The molecule has 1 aliphatic rings. The molecule has 1 heterocycles. The Labute approximate surface area is 113 Å². The second-order valence-electron chi connectivity index (χ2n) is 5.02. The van der Waals surface area contributed by atoms with E-state index in [-0.39, 0.29) is 34.6 Å². The number of hydrogen-bond donors (Lipinski definition) is 0. The second kappa shape index (κ2) is 7.02. The molecule has 0 unspecified atom stereocenters. The van der Waals surface area contributed by atoms with Crippen molar-refractivity contribution < 1.29 is 19.1 Å². The largest absolute Gasteiger partial charge is 0.462 e. The van der Waals surface area contributed by atoms with Crippen LogP contribution < -0.4 is 0 Å². The third-order valence-electron chi connectivity index (χ3n) is 2.49. The molecule has 104 valence electrons. The van der Waals surface area contributed by atoms with E-state index >= 15 is 0 Å². The van der Waals surface area contributed by atoms with Gasteiger partial charge in [-0.15, -0.1) is 11.8 Å². The van der Waals surface area contributed by atoms with Crippen LogP contribution in [-0.2, 0) is 19.1 Å². The van der Waals surface area contributed by atoms with Crippen molar-refractivity contribution in [3.8, 4) is 0 Å². The van der Waals surface area contributed by atoms with Gasteiger partial charge in [0.15, 0.2) is 0 Å². The van der Waals surface area contributed by atoms with Gasteiger partial charge in [0, 0.05) is 0 Å². The van der Waals surface area contributed by atoms with Crippen molar-refractivity contribution in [1.29, 1.82) is 0 Å². The molecule has 0 aromatic carbocycles. The maximum absolute atomic E-state index is 11.8. The van der Waals surface area contributed by atoms with Crippen molar-refractivity contribution in [3.63, 3.8) is 0 Å². The van der Waals surface area contributed by atoms with Gasteiger partial charge in [0.05, 0.1) is 12.2 Å². The monoisotopic (exact) mass is 274 g/mol. The molecule has 1 fully saturated rings. The normalized spacial score (nSPS) is 24.1. The first-order valence-electron chi connectivity index (χ1n) is 6.46. The Morgan fingerprint density at radius 1 is 0.944 bits per heavy atom. The van der Waals surface area contributed by atoms with E-state index in [4.69, 9.17) is 9.47 Å². The molecule has 0 N–H and O–H groups in total. The summed E-state index contributed by atoms with van der Waals surface area (Å²) >= 11 is 1.38. The minimum absolute atomic E-state index is 0.110. The molecular weight excluding hydrogens is 252 g/mol. The Kier molecular flexibility index (Phi) is 5.99. The van der Waals surface area contributed by atoms with Crippen LogP contribution in [0.25, 0.3) is 0 Å². The summed E-state index contributed by atoms with van der Waals surface area (Å²) in [6.45, 7) is 7.32. The third-order valence-corrected chi connectivity index (χ3v) is 4.00. The van der Waals surface area contributed by atoms with E-state index < -0.39 is 0 Å². The lowest BCUT2D eigenvalue weighted by atomic mass is 10.1. The van der Waals surface area contributed by atoms with E-state index in [2.05, 4.69) is 0 Å². The van der Waals surface area contributed by atoms with Gasteiger partial charge in [-0.2, -0.15) is 0 Å². The summed E-state index contributed by atoms with van der Waals surface area (Å²) in [5, 5.41) is -0.461. The number of carbonyl (C=O) groups excluding carboxylic acids is 2. The van der Waals surface area contributed by atoms with Crippen molar-refractivity contribution in [2.75, 3.05) is 0 Å². The lowest BCUT2D eigenvalue weighted by Crippen LogP contribution is -2.33. The first-order chi connectivity index (χ1) is 8.40. The average molecular weight is 274 g/mol. The van der Waals surface area contributed by atoms with Crippen LogP contribution in [0.2, 0.25) is 0 Å². The van der Waals surface area contributed by atoms with E-state index in [0.29, 0.717) is 0 Å². The lowest BCUT2D eigenvalue weighted by molar-refractivity contribution is -0.147. The maximum Gasteiger partial charge on any atom is 0.319 e. The Morgan fingerprint density at radius 2 is 1.33 bits per heavy atom. The standard InChI is InChI=1S/C13H22O4S/c1-8(2)16-12(14)10-6-5-7-11(18-10)13(15)17-9(3)4/h8-11H,5-7H2,1-4H3/t10-,11-/m0/s1.